The Morgan fingerprint density at radius 3 is 2.47 bits per heavy atom. The van der Waals surface area contributed by atoms with Gasteiger partial charge in [-0.3, -0.25) is 4.79 Å². The maximum Gasteiger partial charge on any atom is 0.169 e. The van der Waals surface area contributed by atoms with Crippen molar-refractivity contribution in [3.05, 3.63) is 7.05 Å². The fourth-order valence-electron chi connectivity index (χ4n) is 2.93. The van der Waals surface area contributed by atoms with E-state index in [-0.39, 0.29) is 23.2 Å². The Bertz CT molecular complexity index is 279. The lowest BCUT2D eigenvalue weighted by Gasteiger charge is -2.47. The topological polar surface area (TPSA) is 29.1 Å². The van der Waals surface area contributed by atoms with Gasteiger partial charge in [0.15, 0.2) is 10.6 Å². The summed E-state index contributed by atoms with van der Waals surface area (Å²) < 4.78 is 0. The molecule has 3 atom stereocenters. The van der Waals surface area contributed by atoms with E-state index in [9.17, 15) is 4.79 Å². The van der Waals surface area contributed by atoms with Crippen LogP contribution in [0.15, 0.2) is 0 Å². The summed E-state index contributed by atoms with van der Waals surface area (Å²) in [6.45, 7) is 6.35. The zero-order valence-electron chi connectivity index (χ0n) is 10.8. The molecule has 1 rings (SSSR count). The summed E-state index contributed by atoms with van der Waals surface area (Å²) >= 11 is 11.5. The number of carbonyl (C=O) groups excluding carboxylic acids is 1. The van der Waals surface area contributed by atoms with Crippen molar-refractivity contribution in [2.45, 2.75) is 50.9 Å². The van der Waals surface area contributed by atoms with Crippen LogP contribution in [0.2, 0.25) is 0 Å². The Balaban J connectivity index is 2.94. The largest absolute Gasteiger partial charge is 0.312 e. The number of rotatable bonds is 4. The molecule has 17 heavy (non-hydrogen) atoms. The first-order valence-corrected chi connectivity index (χ1v) is 7.06. The minimum atomic E-state index is -0.916. The third kappa shape index (κ3) is 3.15. The fraction of sp³-hybridized carbons (Fsp3) is 0.846. The monoisotopic (exact) mass is 278 g/mol. The zero-order valence-corrected chi connectivity index (χ0v) is 12.3. The van der Waals surface area contributed by atoms with E-state index in [4.69, 9.17) is 23.2 Å². The first kappa shape index (κ1) is 15.3. The van der Waals surface area contributed by atoms with Crippen molar-refractivity contribution < 1.29 is 4.79 Å². The standard InChI is InChI=1S/C13H22Cl2NO/c1-5-8-6-9(11(17)12(14)15)13(2,3)10(7-8)16-4/h8-10,12,16H,4-7H2,1-3H3. The molecule has 0 heterocycles. The Hall–Kier alpha value is 0.210. The van der Waals surface area contributed by atoms with E-state index in [1.807, 2.05) is 0 Å². The van der Waals surface area contributed by atoms with Crippen LogP contribution in [-0.2, 0) is 4.79 Å². The molecule has 0 aromatic heterocycles. The molecule has 1 aliphatic rings. The van der Waals surface area contributed by atoms with Crippen LogP contribution in [0.1, 0.15) is 40.0 Å². The molecule has 1 radical (unpaired) electrons. The molecule has 4 heteroatoms. The lowest BCUT2D eigenvalue weighted by molar-refractivity contribution is -0.128. The van der Waals surface area contributed by atoms with Gasteiger partial charge >= 0.3 is 0 Å². The highest BCUT2D eigenvalue weighted by Crippen LogP contribution is 2.45. The van der Waals surface area contributed by atoms with E-state index < -0.39 is 4.84 Å². The molecule has 99 valence electrons. The van der Waals surface area contributed by atoms with Gasteiger partial charge in [0.1, 0.15) is 0 Å². The molecule has 0 aromatic carbocycles. The Morgan fingerprint density at radius 1 is 1.47 bits per heavy atom. The highest BCUT2D eigenvalue weighted by Gasteiger charge is 2.46. The number of Topliss-reactive ketones (excluding diaryl/α,β-unsaturated/α-hetero) is 1. The lowest BCUT2D eigenvalue weighted by atomic mass is 9.61. The van der Waals surface area contributed by atoms with Crippen LogP contribution in [-0.4, -0.2) is 16.7 Å². The molecule has 1 fully saturated rings. The van der Waals surface area contributed by atoms with Gasteiger partial charge in [0.2, 0.25) is 0 Å². The van der Waals surface area contributed by atoms with Gasteiger partial charge in [0.05, 0.1) is 0 Å². The second-order valence-electron chi connectivity index (χ2n) is 5.58. The fourth-order valence-corrected chi connectivity index (χ4v) is 3.23. The minimum absolute atomic E-state index is 0.0447. The summed E-state index contributed by atoms with van der Waals surface area (Å²) in [4.78, 5) is 11.2. The highest BCUT2D eigenvalue weighted by molar-refractivity contribution is 6.53. The Morgan fingerprint density at radius 2 is 2.06 bits per heavy atom. The second kappa shape index (κ2) is 5.90. The molecule has 1 N–H and O–H groups in total. The van der Waals surface area contributed by atoms with E-state index in [0.717, 1.165) is 19.3 Å². The van der Waals surface area contributed by atoms with Gasteiger partial charge in [-0.25, -0.2) is 0 Å². The van der Waals surface area contributed by atoms with E-state index in [1.165, 1.54) is 0 Å². The van der Waals surface area contributed by atoms with E-state index in [1.54, 1.807) is 0 Å². The molecule has 0 aromatic rings. The van der Waals surface area contributed by atoms with Crippen molar-refractivity contribution in [3.8, 4) is 0 Å². The number of hydrogen-bond donors (Lipinski definition) is 1. The number of nitrogens with one attached hydrogen (secondary N) is 1. The maximum atomic E-state index is 12.1. The molecular weight excluding hydrogens is 257 g/mol. The number of alkyl halides is 2. The smallest absolute Gasteiger partial charge is 0.169 e. The third-order valence-electron chi connectivity index (χ3n) is 4.32. The van der Waals surface area contributed by atoms with Crippen LogP contribution in [0.4, 0.5) is 0 Å². The van der Waals surface area contributed by atoms with Crippen molar-refractivity contribution >= 4 is 29.0 Å². The van der Waals surface area contributed by atoms with Gasteiger partial charge in [-0.2, -0.15) is 0 Å². The van der Waals surface area contributed by atoms with Crippen molar-refractivity contribution in [3.63, 3.8) is 0 Å². The lowest BCUT2D eigenvalue weighted by Crippen LogP contribution is -2.52. The van der Waals surface area contributed by atoms with Crippen LogP contribution in [0.25, 0.3) is 0 Å². The first-order valence-electron chi connectivity index (χ1n) is 6.19. The minimum Gasteiger partial charge on any atom is -0.312 e. The molecular formula is C13H22Cl2NO. The van der Waals surface area contributed by atoms with Crippen LogP contribution < -0.4 is 5.32 Å². The van der Waals surface area contributed by atoms with E-state index >= 15 is 0 Å². The van der Waals surface area contributed by atoms with Crippen LogP contribution in [0, 0.1) is 24.3 Å². The van der Waals surface area contributed by atoms with Crippen LogP contribution in [0.3, 0.4) is 0 Å². The van der Waals surface area contributed by atoms with E-state index in [0.29, 0.717) is 5.92 Å². The van der Waals surface area contributed by atoms with E-state index in [2.05, 4.69) is 33.1 Å². The quantitative estimate of drug-likeness (QED) is 0.797. The summed E-state index contributed by atoms with van der Waals surface area (Å²) in [5.74, 6) is 0.417. The zero-order chi connectivity index (χ0) is 13.2. The number of hydrogen-bond acceptors (Lipinski definition) is 2. The molecule has 1 saturated carbocycles. The van der Waals surface area contributed by atoms with Gasteiger partial charge in [-0.15, -0.1) is 0 Å². The van der Waals surface area contributed by atoms with Crippen molar-refractivity contribution in [1.82, 2.24) is 5.32 Å². The van der Waals surface area contributed by atoms with Gasteiger partial charge in [0.25, 0.3) is 0 Å². The molecule has 0 aliphatic heterocycles. The maximum absolute atomic E-state index is 12.1. The van der Waals surface area contributed by atoms with Gasteiger partial charge in [-0.05, 0) is 24.2 Å². The average Bonchev–Trinajstić information content (AvgIpc) is 2.27. The molecule has 2 nitrogen and oxygen atoms in total. The predicted molar refractivity (Wildman–Crippen MR) is 73.1 cm³/mol. The summed E-state index contributed by atoms with van der Waals surface area (Å²) in [7, 11) is 3.79. The Labute approximate surface area is 114 Å². The number of halogens is 2. The van der Waals surface area contributed by atoms with Crippen molar-refractivity contribution in [2.75, 3.05) is 0 Å². The molecule has 0 saturated heterocycles. The molecule has 0 amide bonds. The molecule has 0 spiro atoms. The third-order valence-corrected chi connectivity index (χ3v) is 4.75. The van der Waals surface area contributed by atoms with Crippen molar-refractivity contribution in [1.29, 1.82) is 0 Å². The van der Waals surface area contributed by atoms with Crippen LogP contribution >= 0.6 is 23.2 Å². The second-order valence-corrected chi connectivity index (χ2v) is 6.68. The summed E-state index contributed by atoms with van der Waals surface area (Å²) in [6.07, 6.45) is 3.02. The van der Waals surface area contributed by atoms with Gasteiger partial charge in [0, 0.05) is 19.0 Å². The first-order chi connectivity index (χ1) is 7.84. The highest BCUT2D eigenvalue weighted by atomic mass is 35.5. The molecule has 3 unspecified atom stereocenters. The SMILES string of the molecule is [CH2]NC1CC(CC)CC(C(=O)C(Cl)Cl)C1(C)C. The predicted octanol–water partition coefficient (Wildman–Crippen LogP) is 3.57. The number of ketones is 1. The summed E-state index contributed by atoms with van der Waals surface area (Å²) in [5.41, 5.74) is -0.146. The summed E-state index contributed by atoms with van der Waals surface area (Å²) in [6, 6.07) is 0.238. The van der Waals surface area contributed by atoms with Crippen molar-refractivity contribution in [2.24, 2.45) is 17.3 Å². The molecule has 0 bridgehead atoms. The number of carbonyl (C=O) groups is 1. The normalized spacial score (nSPS) is 32.8. The average molecular weight is 279 g/mol. The van der Waals surface area contributed by atoms with Gasteiger partial charge in [-0.1, -0.05) is 50.4 Å². The molecule has 1 aliphatic carbocycles. The van der Waals surface area contributed by atoms with Crippen LogP contribution in [0.5, 0.6) is 0 Å². The van der Waals surface area contributed by atoms with Gasteiger partial charge < -0.3 is 5.32 Å². The Kier molecular flexibility index (Phi) is 5.30. The summed E-state index contributed by atoms with van der Waals surface area (Å²) in [5, 5.41) is 3.09.